The first-order valence-corrected chi connectivity index (χ1v) is 9.25. The number of hydrogen-bond donors (Lipinski definition) is 2. The predicted molar refractivity (Wildman–Crippen MR) is 88.3 cm³/mol. The Morgan fingerprint density at radius 2 is 1.81 bits per heavy atom. The van der Waals surface area contributed by atoms with Crippen molar-refractivity contribution >= 4 is 27.0 Å². The summed E-state index contributed by atoms with van der Waals surface area (Å²) in [5, 5.41) is 0. The highest BCUT2D eigenvalue weighted by Gasteiger charge is 2.16. The van der Waals surface area contributed by atoms with Crippen molar-refractivity contribution in [3.63, 3.8) is 0 Å². The summed E-state index contributed by atoms with van der Waals surface area (Å²) in [7, 11) is -3.51. The standard InChI is InChI=1S/C15H20N2O2S2/c1-2-3-12-4-6-13(7-5-12)17-21(18,19)15-9-8-14(20-15)10-11-16/h4-9,17H,2-3,10-11,16H2,1H3. The van der Waals surface area contributed by atoms with Gasteiger partial charge in [0.15, 0.2) is 0 Å². The van der Waals surface area contributed by atoms with E-state index in [1.54, 1.807) is 18.2 Å². The van der Waals surface area contributed by atoms with Gasteiger partial charge in [-0.15, -0.1) is 11.3 Å². The summed E-state index contributed by atoms with van der Waals surface area (Å²) < 4.78 is 27.5. The van der Waals surface area contributed by atoms with Crippen LogP contribution in [0.25, 0.3) is 0 Å². The van der Waals surface area contributed by atoms with Crippen LogP contribution >= 0.6 is 11.3 Å². The van der Waals surface area contributed by atoms with Gasteiger partial charge in [-0.05, 0) is 49.2 Å². The van der Waals surface area contributed by atoms with Crippen LogP contribution in [-0.2, 0) is 22.9 Å². The first-order chi connectivity index (χ1) is 10.0. The zero-order valence-electron chi connectivity index (χ0n) is 12.0. The molecule has 2 aromatic rings. The van der Waals surface area contributed by atoms with Crippen molar-refractivity contribution in [3.8, 4) is 0 Å². The number of aryl methyl sites for hydroxylation is 1. The van der Waals surface area contributed by atoms with Gasteiger partial charge in [0.25, 0.3) is 10.0 Å². The lowest BCUT2D eigenvalue weighted by molar-refractivity contribution is 0.603. The van der Waals surface area contributed by atoms with Gasteiger partial charge in [-0.1, -0.05) is 25.5 Å². The van der Waals surface area contributed by atoms with Crippen molar-refractivity contribution in [2.24, 2.45) is 5.73 Å². The molecule has 1 heterocycles. The minimum Gasteiger partial charge on any atom is -0.330 e. The highest BCUT2D eigenvalue weighted by molar-refractivity contribution is 7.94. The van der Waals surface area contributed by atoms with E-state index in [2.05, 4.69) is 11.6 Å². The summed E-state index contributed by atoms with van der Waals surface area (Å²) >= 11 is 1.26. The zero-order chi connectivity index (χ0) is 15.3. The van der Waals surface area contributed by atoms with Crippen LogP contribution in [0, 0.1) is 0 Å². The minimum absolute atomic E-state index is 0.323. The van der Waals surface area contributed by atoms with E-state index in [1.165, 1.54) is 16.9 Å². The Morgan fingerprint density at radius 1 is 1.10 bits per heavy atom. The molecule has 2 rings (SSSR count). The summed E-state index contributed by atoms with van der Waals surface area (Å²) in [6.45, 7) is 2.64. The monoisotopic (exact) mass is 324 g/mol. The Morgan fingerprint density at radius 3 is 2.43 bits per heavy atom. The van der Waals surface area contributed by atoms with Gasteiger partial charge in [0, 0.05) is 10.6 Å². The topological polar surface area (TPSA) is 72.2 Å². The molecule has 0 atom stereocenters. The Kier molecular flexibility index (Phi) is 5.39. The number of hydrogen-bond acceptors (Lipinski definition) is 4. The molecule has 0 saturated carbocycles. The van der Waals surface area contributed by atoms with Crippen molar-refractivity contribution in [2.45, 2.75) is 30.4 Å². The minimum atomic E-state index is -3.51. The fraction of sp³-hybridized carbons (Fsp3) is 0.333. The molecule has 0 bridgehead atoms. The lowest BCUT2D eigenvalue weighted by atomic mass is 10.1. The molecule has 3 N–H and O–H groups in total. The maximum Gasteiger partial charge on any atom is 0.271 e. The average molecular weight is 324 g/mol. The van der Waals surface area contributed by atoms with E-state index in [-0.39, 0.29) is 0 Å². The molecule has 0 aliphatic rings. The van der Waals surface area contributed by atoms with E-state index in [1.807, 2.05) is 18.2 Å². The molecule has 21 heavy (non-hydrogen) atoms. The molecule has 114 valence electrons. The van der Waals surface area contributed by atoms with Gasteiger partial charge >= 0.3 is 0 Å². The van der Waals surface area contributed by atoms with Crippen LogP contribution in [0.1, 0.15) is 23.8 Å². The number of benzene rings is 1. The fourth-order valence-electron chi connectivity index (χ4n) is 2.01. The lowest BCUT2D eigenvalue weighted by Crippen LogP contribution is -2.11. The second-order valence-electron chi connectivity index (χ2n) is 4.81. The molecule has 1 aromatic heterocycles. The van der Waals surface area contributed by atoms with Crippen LogP contribution in [0.15, 0.2) is 40.6 Å². The maximum atomic E-state index is 12.3. The van der Waals surface area contributed by atoms with Crippen molar-refractivity contribution in [1.82, 2.24) is 0 Å². The smallest absolute Gasteiger partial charge is 0.271 e. The largest absolute Gasteiger partial charge is 0.330 e. The van der Waals surface area contributed by atoms with Gasteiger partial charge in [-0.25, -0.2) is 8.42 Å². The average Bonchev–Trinajstić information content (AvgIpc) is 2.91. The normalized spacial score (nSPS) is 11.5. The number of thiophene rings is 1. The molecule has 4 nitrogen and oxygen atoms in total. The van der Waals surface area contributed by atoms with Crippen molar-refractivity contribution < 1.29 is 8.42 Å². The summed E-state index contributed by atoms with van der Waals surface area (Å²) in [6.07, 6.45) is 2.77. The van der Waals surface area contributed by atoms with Gasteiger partial charge in [0.05, 0.1) is 0 Å². The van der Waals surface area contributed by atoms with Crippen LogP contribution in [0.2, 0.25) is 0 Å². The fourth-order valence-corrected chi connectivity index (χ4v) is 4.44. The molecule has 6 heteroatoms. The van der Waals surface area contributed by atoms with E-state index in [0.29, 0.717) is 22.9 Å². The molecular formula is C15H20N2O2S2. The van der Waals surface area contributed by atoms with Crippen molar-refractivity contribution in [3.05, 3.63) is 46.8 Å². The van der Waals surface area contributed by atoms with E-state index in [9.17, 15) is 8.42 Å². The number of sulfonamides is 1. The lowest BCUT2D eigenvalue weighted by Gasteiger charge is -2.07. The molecule has 1 aromatic carbocycles. The first-order valence-electron chi connectivity index (χ1n) is 6.95. The molecule has 0 radical (unpaired) electrons. The third-order valence-electron chi connectivity index (χ3n) is 3.04. The first kappa shape index (κ1) is 16.0. The molecule has 0 aliphatic carbocycles. The third-order valence-corrected chi connectivity index (χ3v) is 6.06. The van der Waals surface area contributed by atoms with Gasteiger partial charge < -0.3 is 5.73 Å². The maximum absolute atomic E-state index is 12.3. The highest BCUT2D eigenvalue weighted by Crippen LogP contribution is 2.24. The van der Waals surface area contributed by atoms with Gasteiger partial charge in [-0.3, -0.25) is 4.72 Å². The second kappa shape index (κ2) is 7.06. The predicted octanol–water partition coefficient (Wildman–Crippen LogP) is 3.00. The van der Waals surface area contributed by atoms with Crippen LogP contribution in [0.5, 0.6) is 0 Å². The van der Waals surface area contributed by atoms with E-state index < -0.39 is 10.0 Å². The summed E-state index contributed by atoms with van der Waals surface area (Å²) in [6, 6.07) is 11.0. The van der Waals surface area contributed by atoms with Crippen LogP contribution < -0.4 is 10.5 Å². The van der Waals surface area contributed by atoms with Gasteiger partial charge in [-0.2, -0.15) is 0 Å². The Labute approximate surface area is 130 Å². The molecular weight excluding hydrogens is 304 g/mol. The van der Waals surface area contributed by atoms with E-state index in [4.69, 9.17) is 5.73 Å². The second-order valence-corrected chi connectivity index (χ2v) is 7.89. The Hall–Kier alpha value is -1.37. The number of nitrogens with one attached hydrogen (secondary N) is 1. The van der Waals surface area contributed by atoms with Crippen molar-refractivity contribution in [2.75, 3.05) is 11.3 Å². The van der Waals surface area contributed by atoms with Crippen LogP contribution in [0.4, 0.5) is 5.69 Å². The van der Waals surface area contributed by atoms with E-state index >= 15 is 0 Å². The zero-order valence-corrected chi connectivity index (χ0v) is 13.6. The molecule has 0 saturated heterocycles. The molecule has 0 fully saturated rings. The quantitative estimate of drug-likeness (QED) is 0.822. The highest BCUT2D eigenvalue weighted by atomic mass is 32.2. The summed E-state index contributed by atoms with van der Waals surface area (Å²) in [5.74, 6) is 0. The number of anilines is 1. The van der Waals surface area contributed by atoms with Crippen LogP contribution in [0.3, 0.4) is 0 Å². The number of rotatable bonds is 7. The molecule has 0 unspecified atom stereocenters. The molecule has 0 amide bonds. The summed E-state index contributed by atoms with van der Waals surface area (Å²) in [5.41, 5.74) is 7.28. The Balaban J connectivity index is 2.12. The molecule has 0 spiro atoms. The Bertz CT molecular complexity index is 676. The van der Waals surface area contributed by atoms with Gasteiger partial charge in [0.1, 0.15) is 4.21 Å². The third kappa shape index (κ3) is 4.30. The SMILES string of the molecule is CCCc1ccc(NS(=O)(=O)c2ccc(CCN)s2)cc1. The van der Waals surface area contributed by atoms with Gasteiger partial charge in [0.2, 0.25) is 0 Å². The van der Waals surface area contributed by atoms with Crippen LogP contribution in [-0.4, -0.2) is 15.0 Å². The number of nitrogens with two attached hydrogens (primary N) is 1. The molecule has 0 aliphatic heterocycles. The van der Waals surface area contributed by atoms with Crippen molar-refractivity contribution in [1.29, 1.82) is 0 Å². The summed E-state index contributed by atoms with van der Waals surface area (Å²) in [4.78, 5) is 0.983. The van der Waals surface area contributed by atoms with E-state index in [0.717, 1.165) is 17.7 Å².